The van der Waals surface area contributed by atoms with Crippen LogP contribution in [0.2, 0.25) is 0 Å². The van der Waals surface area contributed by atoms with Crippen molar-refractivity contribution in [3.05, 3.63) is 29.8 Å². The number of nitrogens with one attached hydrogen (secondary N) is 1. The van der Waals surface area contributed by atoms with Gasteiger partial charge in [0.1, 0.15) is 5.75 Å². The van der Waals surface area contributed by atoms with E-state index in [1.165, 1.54) is 24.3 Å². The second-order valence-electron chi connectivity index (χ2n) is 5.61. The summed E-state index contributed by atoms with van der Waals surface area (Å²) >= 11 is 0. The molecule has 0 aliphatic heterocycles. The summed E-state index contributed by atoms with van der Waals surface area (Å²) in [4.78, 5) is 12.1. The van der Waals surface area contributed by atoms with Crippen molar-refractivity contribution in [1.29, 1.82) is 0 Å². The van der Waals surface area contributed by atoms with Gasteiger partial charge in [-0.15, -0.1) is 25.6 Å². The van der Waals surface area contributed by atoms with Crippen LogP contribution in [0.1, 0.15) is 31.2 Å². The van der Waals surface area contributed by atoms with Crippen molar-refractivity contribution in [3.8, 4) is 5.75 Å². The van der Waals surface area contributed by atoms with Gasteiger partial charge in [0.2, 0.25) is 5.91 Å². The molecular formula is C15H20ClF3N2O2. The molecule has 0 unspecified atom stereocenters. The fourth-order valence-corrected chi connectivity index (χ4v) is 2.77. The minimum atomic E-state index is -4.71. The Balaban J connectivity index is 0.00000264. The summed E-state index contributed by atoms with van der Waals surface area (Å²) in [6, 6.07) is 5.30. The molecule has 0 heterocycles. The maximum absolute atomic E-state index is 12.1. The SMILES string of the molecule is Cl.NCC1(NC(=O)Cc2ccc(OC(F)(F)F)cc2)CCCC1. The number of alkyl halides is 3. The van der Waals surface area contributed by atoms with Crippen LogP contribution in [0.4, 0.5) is 13.2 Å². The number of carbonyl (C=O) groups is 1. The fourth-order valence-electron chi connectivity index (χ4n) is 2.77. The first-order valence-corrected chi connectivity index (χ1v) is 7.18. The summed E-state index contributed by atoms with van der Waals surface area (Å²) in [6.45, 7) is 0.400. The molecule has 0 spiro atoms. The highest BCUT2D eigenvalue weighted by Gasteiger charge is 2.34. The molecule has 1 aromatic rings. The normalized spacial score (nSPS) is 16.5. The molecule has 1 amide bonds. The average molecular weight is 353 g/mol. The maximum atomic E-state index is 12.1. The minimum absolute atomic E-state index is 0. The number of benzene rings is 1. The fraction of sp³-hybridized carbons (Fsp3) is 0.533. The first kappa shape index (κ1) is 19.6. The van der Waals surface area contributed by atoms with Crippen LogP contribution in [-0.4, -0.2) is 24.4 Å². The summed E-state index contributed by atoms with van der Waals surface area (Å²) in [5.41, 5.74) is 6.05. The van der Waals surface area contributed by atoms with Crippen LogP contribution in [-0.2, 0) is 11.2 Å². The Hall–Kier alpha value is -1.47. The third-order valence-corrected chi connectivity index (χ3v) is 3.88. The molecule has 0 radical (unpaired) electrons. The smallest absolute Gasteiger partial charge is 0.406 e. The van der Waals surface area contributed by atoms with Gasteiger partial charge in [0.25, 0.3) is 0 Å². The number of carbonyl (C=O) groups excluding carboxylic acids is 1. The third kappa shape index (κ3) is 5.91. The van der Waals surface area contributed by atoms with Crippen molar-refractivity contribution in [2.75, 3.05) is 6.54 Å². The van der Waals surface area contributed by atoms with Gasteiger partial charge in [0, 0.05) is 6.54 Å². The van der Waals surface area contributed by atoms with E-state index in [1.54, 1.807) is 0 Å². The standard InChI is InChI=1S/C15H19F3N2O2.ClH/c16-15(17,18)22-12-5-3-11(4-6-12)9-13(21)20-14(10-19)7-1-2-8-14;/h3-6H,1-2,7-10,19H2,(H,20,21);1H. The lowest BCUT2D eigenvalue weighted by molar-refractivity contribution is -0.274. The predicted molar refractivity (Wildman–Crippen MR) is 82.5 cm³/mol. The van der Waals surface area contributed by atoms with Crippen molar-refractivity contribution < 1.29 is 22.7 Å². The number of hydrogen-bond donors (Lipinski definition) is 2. The van der Waals surface area contributed by atoms with Crippen molar-refractivity contribution in [3.63, 3.8) is 0 Å². The van der Waals surface area contributed by atoms with Crippen LogP contribution in [0.5, 0.6) is 5.75 Å². The van der Waals surface area contributed by atoms with Gasteiger partial charge >= 0.3 is 6.36 Å². The van der Waals surface area contributed by atoms with Gasteiger partial charge in [-0.05, 0) is 30.5 Å². The van der Waals surface area contributed by atoms with Crippen LogP contribution in [0.15, 0.2) is 24.3 Å². The van der Waals surface area contributed by atoms with Gasteiger partial charge < -0.3 is 15.8 Å². The highest BCUT2D eigenvalue weighted by atomic mass is 35.5. The number of amides is 1. The molecule has 23 heavy (non-hydrogen) atoms. The Morgan fingerprint density at radius 2 is 1.78 bits per heavy atom. The molecule has 0 aromatic heterocycles. The molecular weight excluding hydrogens is 333 g/mol. The zero-order valence-electron chi connectivity index (χ0n) is 12.5. The van der Waals surface area contributed by atoms with E-state index in [1.807, 2.05) is 0 Å². The lowest BCUT2D eigenvalue weighted by Crippen LogP contribution is -2.52. The summed E-state index contributed by atoms with van der Waals surface area (Å²) in [5.74, 6) is -0.470. The van der Waals surface area contributed by atoms with E-state index in [-0.39, 0.29) is 36.0 Å². The van der Waals surface area contributed by atoms with Gasteiger partial charge in [0.15, 0.2) is 0 Å². The molecule has 0 atom stereocenters. The first-order valence-electron chi connectivity index (χ1n) is 7.18. The van der Waals surface area contributed by atoms with Gasteiger partial charge in [-0.3, -0.25) is 4.79 Å². The van der Waals surface area contributed by atoms with Crippen molar-refractivity contribution in [2.45, 2.75) is 44.0 Å². The first-order chi connectivity index (χ1) is 10.3. The van der Waals surface area contributed by atoms with Gasteiger partial charge in [-0.25, -0.2) is 0 Å². The molecule has 1 fully saturated rings. The largest absolute Gasteiger partial charge is 0.573 e. The van der Waals surface area contributed by atoms with Crippen LogP contribution in [0.25, 0.3) is 0 Å². The van der Waals surface area contributed by atoms with Gasteiger partial charge in [0.05, 0.1) is 12.0 Å². The predicted octanol–water partition coefficient (Wildman–Crippen LogP) is 2.94. The Morgan fingerprint density at radius 3 is 2.26 bits per heavy atom. The van der Waals surface area contributed by atoms with E-state index in [0.29, 0.717) is 12.1 Å². The molecule has 1 aromatic carbocycles. The lowest BCUT2D eigenvalue weighted by Gasteiger charge is -2.28. The molecule has 1 saturated carbocycles. The number of nitrogens with two attached hydrogens (primary N) is 1. The zero-order chi connectivity index (χ0) is 16.2. The summed E-state index contributed by atoms with van der Waals surface area (Å²) in [6.07, 6.45) is -0.786. The van der Waals surface area contributed by atoms with E-state index >= 15 is 0 Å². The molecule has 130 valence electrons. The van der Waals surface area contributed by atoms with E-state index in [9.17, 15) is 18.0 Å². The lowest BCUT2D eigenvalue weighted by atomic mass is 9.97. The van der Waals surface area contributed by atoms with Crippen LogP contribution in [0.3, 0.4) is 0 Å². The average Bonchev–Trinajstić information content (AvgIpc) is 2.88. The van der Waals surface area contributed by atoms with Gasteiger partial charge in [-0.2, -0.15) is 0 Å². The molecule has 0 saturated heterocycles. The van der Waals surface area contributed by atoms with Crippen molar-refractivity contribution in [2.24, 2.45) is 5.73 Å². The van der Waals surface area contributed by atoms with Crippen LogP contribution >= 0.6 is 12.4 Å². The van der Waals surface area contributed by atoms with Crippen molar-refractivity contribution in [1.82, 2.24) is 5.32 Å². The van der Waals surface area contributed by atoms with E-state index in [4.69, 9.17) is 5.73 Å². The second-order valence-corrected chi connectivity index (χ2v) is 5.61. The number of hydrogen-bond acceptors (Lipinski definition) is 3. The number of halogens is 4. The topological polar surface area (TPSA) is 64.3 Å². The molecule has 3 N–H and O–H groups in total. The highest BCUT2D eigenvalue weighted by molar-refractivity contribution is 5.85. The molecule has 1 aliphatic rings. The monoisotopic (exact) mass is 352 g/mol. The molecule has 1 aliphatic carbocycles. The van der Waals surface area contributed by atoms with E-state index in [2.05, 4.69) is 10.1 Å². The van der Waals surface area contributed by atoms with E-state index < -0.39 is 6.36 Å². The molecule has 4 nitrogen and oxygen atoms in total. The minimum Gasteiger partial charge on any atom is -0.406 e. The molecule has 2 rings (SSSR count). The maximum Gasteiger partial charge on any atom is 0.573 e. The third-order valence-electron chi connectivity index (χ3n) is 3.88. The highest BCUT2D eigenvalue weighted by Crippen LogP contribution is 2.28. The molecule has 0 bridgehead atoms. The Labute approximate surface area is 139 Å². The van der Waals surface area contributed by atoms with Gasteiger partial charge in [-0.1, -0.05) is 25.0 Å². The second kappa shape index (κ2) is 7.88. The van der Waals surface area contributed by atoms with Crippen LogP contribution < -0.4 is 15.8 Å². The molecule has 8 heteroatoms. The number of ether oxygens (including phenoxy) is 1. The summed E-state index contributed by atoms with van der Waals surface area (Å²) in [5, 5.41) is 2.97. The summed E-state index contributed by atoms with van der Waals surface area (Å²) in [7, 11) is 0. The zero-order valence-corrected chi connectivity index (χ0v) is 13.3. The van der Waals surface area contributed by atoms with Crippen molar-refractivity contribution >= 4 is 18.3 Å². The van der Waals surface area contributed by atoms with E-state index in [0.717, 1.165) is 25.7 Å². The Kier molecular flexibility index (Phi) is 6.70. The Bertz CT molecular complexity index is 514. The quantitative estimate of drug-likeness (QED) is 0.856. The Morgan fingerprint density at radius 1 is 1.22 bits per heavy atom. The summed E-state index contributed by atoms with van der Waals surface area (Å²) < 4.78 is 40.0. The van der Waals surface area contributed by atoms with Crippen LogP contribution in [0, 0.1) is 0 Å². The number of rotatable bonds is 5.